The molecule has 27 heavy (non-hydrogen) atoms. The number of Topliss-reactive ketones (excluding diaryl/α,β-unsaturated/α-hetero) is 1. The van der Waals surface area contributed by atoms with Crippen LogP contribution in [0.2, 0.25) is 0 Å². The van der Waals surface area contributed by atoms with Gasteiger partial charge in [-0.15, -0.1) is 0 Å². The third kappa shape index (κ3) is 3.21. The van der Waals surface area contributed by atoms with Crippen molar-refractivity contribution in [2.24, 2.45) is 5.92 Å². The molecule has 0 radical (unpaired) electrons. The molecular formula is C18H15F3N2O4. The molecule has 1 saturated heterocycles. The maximum atomic E-state index is 13.7. The number of carbonyl (C=O) groups excluding carboxylic acids is 2. The van der Waals surface area contributed by atoms with Gasteiger partial charge in [0.25, 0.3) is 0 Å². The molecule has 9 heteroatoms. The van der Waals surface area contributed by atoms with Gasteiger partial charge in [-0.3, -0.25) is 4.79 Å². The molecule has 2 aromatic rings. The molecule has 0 unspecified atom stereocenters. The number of para-hydroxylation sites is 1. The Morgan fingerprint density at radius 1 is 1.04 bits per heavy atom. The number of phenolic OH excluding ortho intramolecular Hbond substituents is 1. The fraction of sp³-hybridized carbons (Fsp3) is 0.222. The summed E-state index contributed by atoms with van der Waals surface area (Å²) in [5, 5.41) is 24.1. The smallest absolute Gasteiger partial charge is 0.437 e. The largest absolute Gasteiger partial charge is 0.508 e. The molecule has 2 amide bonds. The number of alkyl halides is 3. The fourth-order valence-corrected chi connectivity index (χ4v) is 3.13. The molecule has 3 atom stereocenters. The van der Waals surface area contributed by atoms with Crippen LogP contribution in [0.3, 0.4) is 0 Å². The normalized spacial score (nSPS) is 25.4. The summed E-state index contributed by atoms with van der Waals surface area (Å²) in [7, 11) is 0. The van der Waals surface area contributed by atoms with Crippen LogP contribution in [0.5, 0.6) is 5.75 Å². The Kier molecular flexibility index (Phi) is 4.56. The maximum Gasteiger partial charge on any atom is 0.437 e. The summed E-state index contributed by atoms with van der Waals surface area (Å²) in [5.41, 5.74) is -4.03. The molecule has 142 valence electrons. The van der Waals surface area contributed by atoms with Crippen LogP contribution in [0.25, 0.3) is 0 Å². The zero-order valence-corrected chi connectivity index (χ0v) is 13.7. The van der Waals surface area contributed by atoms with Crippen LogP contribution in [0.1, 0.15) is 22.0 Å². The van der Waals surface area contributed by atoms with Gasteiger partial charge >= 0.3 is 12.2 Å². The van der Waals surface area contributed by atoms with Crippen LogP contribution in [-0.2, 0) is 0 Å². The third-order valence-corrected chi connectivity index (χ3v) is 4.42. The molecule has 0 bridgehead atoms. The van der Waals surface area contributed by atoms with Crippen LogP contribution < -0.4 is 10.6 Å². The van der Waals surface area contributed by atoms with Crippen LogP contribution in [0.4, 0.5) is 18.0 Å². The van der Waals surface area contributed by atoms with Crippen LogP contribution >= 0.6 is 0 Å². The first-order valence-electron chi connectivity index (χ1n) is 7.90. The van der Waals surface area contributed by atoms with Gasteiger partial charge in [0.1, 0.15) is 11.7 Å². The number of carbonyl (C=O) groups is 2. The number of nitrogens with one attached hydrogen (secondary N) is 2. The summed E-state index contributed by atoms with van der Waals surface area (Å²) in [6, 6.07) is 9.52. The predicted molar refractivity (Wildman–Crippen MR) is 87.8 cm³/mol. The van der Waals surface area contributed by atoms with Crippen molar-refractivity contribution in [3.05, 3.63) is 65.7 Å². The first-order chi connectivity index (χ1) is 12.6. The lowest BCUT2D eigenvalue weighted by Crippen LogP contribution is -2.72. The quantitative estimate of drug-likeness (QED) is 0.615. The number of rotatable bonds is 3. The molecule has 0 aliphatic carbocycles. The molecule has 0 aromatic heterocycles. The van der Waals surface area contributed by atoms with Gasteiger partial charge in [0.2, 0.25) is 5.72 Å². The summed E-state index contributed by atoms with van der Waals surface area (Å²) < 4.78 is 41.1. The molecule has 1 aliphatic heterocycles. The number of benzene rings is 2. The van der Waals surface area contributed by atoms with E-state index >= 15 is 0 Å². The molecule has 4 N–H and O–H groups in total. The van der Waals surface area contributed by atoms with Crippen LogP contribution in [0.15, 0.2) is 54.6 Å². The SMILES string of the molecule is O=C1N[C@@H](c2ccccc2O)[C@@H](C(=O)c2ccccc2)[C@@](O)(C(F)(F)F)N1. The van der Waals surface area contributed by atoms with E-state index in [1.807, 2.05) is 0 Å². The zero-order valence-electron chi connectivity index (χ0n) is 13.7. The van der Waals surface area contributed by atoms with E-state index in [0.717, 1.165) is 0 Å². The van der Waals surface area contributed by atoms with Crippen molar-refractivity contribution >= 4 is 11.8 Å². The molecule has 0 saturated carbocycles. The molecule has 1 heterocycles. The zero-order chi connectivity index (χ0) is 19.8. The number of urea groups is 1. The molecule has 1 aliphatic rings. The van der Waals surface area contributed by atoms with Crippen molar-refractivity contribution in [3.63, 3.8) is 0 Å². The number of aromatic hydroxyl groups is 1. The average molecular weight is 380 g/mol. The van der Waals surface area contributed by atoms with Crippen LogP contribution in [-0.4, -0.2) is 33.9 Å². The Morgan fingerprint density at radius 3 is 2.22 bits per heavy atom. The highest BCUT2D eigenvalue weighted by atomic mass is 19.4. The van der Waals surface area contributed by atoms with Crippen molar-refractivity contribution in [2.75, 3.05) is 0 Å². The first-order valence-corrected chi connectivity index (χ1v) is 7.90. The number of halogens is 3. The van der Waals surface area contributed by atoms with E-state index in [1.54, 1.807) is 6.07 Å². The van der Waals surface area contributed by atoms with Gasteiger partial charge in [-0.25, -0.2) is 4.79 Å². The number of hydrogen-bond acceptors (Lipinski definition) is 4. The summed E-state index contributed by atoms with van der Waals surface area (Å²) in [4.78, 5) is 24.8. The van der Waals surface area contributed by atoms with Crippen molar-refractivity contribution < 1.29 is 33.0 Å². The number of amides is 2. The highest BCUT2D eigenvalue weighted by molar-refractivity contribution is 6.00. The second-order valence-corrected chi connectivity index (χ2v) is 6.11. The summed E-state index contributed by atoms with van der Waals surface area (Å²) in [6.07, 6.45) is -5.34. The monoisotopic (exact) mass is 380 g/mol. The van der Waals surface area contributed by atoms with E-state index in [-0.39, 0.29) is 11.1 Å². The summed E-state index contributed by atoms with van der Waals surface area (Å²) in [5.74, 6) is -3.64. The lowest BCUT2D eigenvalue weighted by Gasteiger charge is -2.45. The molecule has 1 fully saturated rings. The summed E-state index contributed by atoms with van der Waals surface area (Å²) in [6.45, 7) is 0. The van der Waals surface area contributed by atoms with Gasteiger partial charge in [0.15, 0.2) is 5.78 Å². The minimum absolute atomic E-state index is 0.0801. The Hall–Kier alpha value is -3.07. The van der Waals surface area contributed by atoms with Gasteiger partial charge in [-0.1, -0.05) is 48.5 Å². The van der Waals surface area contributed by atoms with Gasteiger partial charge in [0, 0.05) is 11.1 Å². The van der Waals surface area contributed by atoms with E-state index in [1.165, 1.54) is 53.8 Å². The van der Waals surface area contributed by atoms with Crippen molar-refractivity contribution in [1.82, 2.24) is 10.6 Å². The maximum absolute atomic E-state index is 13.7. The highest BCUT2D eigenvalue weighted by Crippen LogP contribution is 2.45. The number of ketones is 1. The molecule has 6 nitrogen and oxygen atoms in total. The lowest BCUT2D eigenvalue weighted by molar-refractivity contribution is -0.287. The van der Waals surface area contributed by atoms with E-state index in [2.05, 4.69) is 5.32 Å². The topological polar surface area (TPSA) is 98.7 Å². The number of aliphatic hydroxyl groups is 1. The van der Waals surface area contributed by atoms with Crippen molar-refractivity contribution in [1.29, 1.82) is 0 Å². The second-order valence-electron chi connectivity index (χ2n) is 6.11. The first kappa shape index (κ1) is 18.7. The van der Waals surface area contributed by atoms with Gasteiger partial charge in [-0.05, 0) is 6.07 Å². The minimum atomic E-state index is -5.34. The average Bonchev–Trinajstić information content (AvgIpc) is 2.61. The molecule has 3 rings (SSSR count). The van der Waals surface area contributed by atoms with E-state index in [9.17, 15) is 33.0 Å². The van der Waals surface area contributed by atoms with Gasteiger partial charge < -0.3 is 20.8 Å². The van der Waals surface area contributed by atoms with E-state index < -0.39 is 41.4 Å². The second kappa shape index (κ2) is 6.58. The lowest BCUT2D eigenvalue weighted by atomic mass is 9.77. The number of phenols is 1. The molecular weight excluding hydrogens is 365 g/mol. The molecule has 2 aromatic carbocycles. The number of hydrogen-bond donors (Lipinski definition) is 4. The minimum Gasteiger partial charge on any atom is -0.508 e. The van der Waals surface area contributed by atoms with Gasteiger partial charge in [0.05, 0.1) is 6.04 Å². The Morgan fingerprint density at radius 2 is 1.63 bits per heavy atom. The molecule has 0 spiro atoms. The third-order valence-electron chi connectivity index (χ3n) is 4.42. The van der Waals surface area contributed by atoms with Crippen molar-refractivity contribution in [3.8, 4) is 5.75 Å². The highest BCUT2D eigenvalue weighted by Gasteiger charge is 2.66. The fourth-order valence-electron chi connectivity index (χ4n) is 3.13. The standard InChI is InChI=1S/C18H15F3N2O4/c19-18(20,21)17(27)13(15(25)10-6-2-1-3-7-10)14(22-16(26)23-17)11-8-4-5-9-12(11)24/h1-9,13-14,24,27H,(H2,22,23,26)/t13-,14-,17+/m0/s1. The Bertz CT molecular complexity index is 872. The Balaban J connectivity index is 2.19. The van der Waals surface area contributed by atoms with E-state index in [0.29, 0.717) is 0 Å². The van der Waals surface area contributed by atoms with Crippen molar-refractivity contribution in [2.45, 2.75) is 17.9 Å². The van der Waals surface area contributed by atoms with Crippen LogP contribution in [0, 0.1) is 5.92 Å². The van der Waals surface area contributed by atoms with Gasteiger partial charge in [-0.2, -0.15) is 13.2 Å². The Labute approximate surface area is 151 Å². The predicted octanol–water partition coefficient (Wildman–Crippen LogP) is 2.50. The van der Waals surface area contributed by atoms with E-state index in [4.69, 9.17) is 0 Å². The summed E-state index contributed by atoms with van der Waals surface area (Å²) >= 11 is 0.